The summed E-state index contributed by atoms with van der Waals surface area (Å²) >= 11 is 0. The first kappa shape index (κ1) is 10.9. The third-order valence-corrected chi connectivity index (χ3v) is 2.77. The quantitative estimate of drug-likeness (QED) is 0.566. The minimum absolute atomic E-state index is 0.0250. The lowest BCUT2D eigenvalue weighted by molar-refractivity contribution is 0.348. The second kappa shape index (κ2) is 4.39. The molecule has 1 rings (SSSR count). The van der Waals surface area contributed by atoms with Gasteiger partial charge in [-0.2, -0.15) is 8.42 Å². The van der Waals surface area contributed by atoms with E-state index in [1.807, 2.05) is 0 Å². The van der Waals surface area contributed by atoms with Crippen LogP contribution in [0.4, 0.5) is 0 Å². The Morgan fingerprint density at radius 2 is 1.93 bits per heavy atom. The van der Waals surface area contributed by atoms with Crippen molar-refractivity contribution in [1.29, 1.82) is 0 Å². The van der Waals surface area contributed by atoms with E-state index in [-0.39, 0.29) is 11.5 Å². The Morgan fingerprint density at radius 1 is 1.36 bits per heavy atom. The molecule has 0 radical (unpaired) electrons. The Hall–Kier alpha value is -1.13. The van der Waals surface area contributed by atoms with Crippen molar-refractivity contribution in [2.45, 2.75) is 11.8 Å². The molecule has 0 heterocycles. The first-order chi connectivity index (χ1) is 6.52. The topological polar surface area (TPSA) is 43.4 Å². The van der Waals surface area contributed by atoms with Gasteiger partial charge in [-0.15, -0.1) is 0 Å². The van der Waals surface area contributed by atoms with E-state index in [2.05, 4.69) is 6.58 Å². The Balaban J connectivity index is 2.82. The maximum absolute atomic E-state index is 11.5. The summed E-state index contributed by atoms with van der Waals surface area (Å²) in [5.41, 5.74) is 0.671. The van der Waals surface area contributed by atoms with Crippen LogP contribution in [-0.2, 0) is 14.3 Å². The molecule has 0 aliphatic heterocycles. The van der Waals surface area contributed by atoms with Crippen molar-refractivity contribution < 1.29 is 12.6 Å². The first-order valence-electron chi connectivity index (χ1n) is 4.11. The van der Waals surface area contributed by atoms with Crippen molar-refractivity contribution >= 4 is 10.1 Å². The van der Waals surface area contributed by atoms with Gasteiger partial charge in [0.2, 0.25) is 0 Å². The van der Waals surface area contributed by atoms with Crippen molar-refractivity contribution in [3.63, 3.8) is 0 Å². The Bertz CT molecular complexity index is 406. The van der Waals surface area contributed by atoms with Crippen molar-refractivity contribution in [3.8, 4) is 0 Å². The molecule has 76 valence electrons. The summed E-state index contributed by atoms with van der Waals surface area (Å²) in [4.78, 5) is 0.168. The lowest BCUT2D eigenvalue weighted by Crippen LogP contribution is -2.07. The lowest BCUT2D eigenvalue weighted by Gasteiger charge is -2.04. The van der Waals surface area contributed by atoms with Crippen LogP contribution in [0.2, 0.25) is 0 Å². The van der Waals surface area contributed by atoms with Gasteiger partial charge in [0.25, 0.3) is 10.1 Å². The van der Waals surface area contributed by atoms with Crippen LogP contribution >= 0.6 is 0 Å². The second-order valence-electron chi connectivity index (χ2n) is 2.99. The van der Waals surface area contributed by atoms with Crippen LogP contribution in [0, 0.1) is 0 Å². The fourth-order valence-electron chi connectivity index (χ4n) is 0.833. The fourth-order valence-corrected chi connectivity index (χ4v) is 1.82. The van der Waals surface area contributed by atoms with E-state index in [9.17, 15) is 8.42 Å². The molecule has 0 bridgehead atoms. The molecule has 0 aliphatic rings. The van der Waals surface area contributed by atoms with Gasteiger partial charge in [-0.05, 0) is 19.1 Å². The normalized spacial score (nSPS) is 11.2. The summed E-state index contributed by atoms with van der Waals surface area (Å²) in [5, 5.41) is 0. The van der Waals surface area contributed by atoms with Crippen molar-refractivity contribution in [2.75, 3.05) is 6.61 Å². The van der Waals surface area contributed by atoms with E-state index in [1.54, 1.807) is 25.1 Å². The highest BCUT2D eigenvalue weighted by molar-refractivity contribution is 7.86. The van der Waals surface area contributed by atoms with E-state index < -0.39 is 10.1 Å². The van der Waals surface area contributed by atoms with Crippen molar-refractivity contribution in [3.05, 3.63) is 42.5 Å². The zero-order chi connectivity index (χ0) is 10.6. The summed E-state index contributed by atoms with van der Waals surface area (Å²) in [6, 6.07) is 8.04. The highest BCUT2D eigenvalue weighted by Crippen LogP contribution is 2.11. The van der Waals surface area contributed by atoms with E-state index in [4.69, 9.17) is 4.18 Å². The van der Waals surface area contributed by atoms with E-state index >= 15 is 0 Å². The van der Waals surface area contributed by atoms with Crippen molar-refractivity contribution in [2.24, 2.45) is 0 Å². The highest BCUT2D eigenvalue weighted by Gasteiger charge is 2.13. The Labute approximate surface area is 84.1 Å². The molecule has 14 heavy (non-hydrogen) atoms. The SMILES string of the molecule is C=C(C)COS(=O)(=O)c1ccccc1. The number of rotatable bonds is 4. The molecule has 0 atom stereocenters. The summed E-state index contributed by atoms with van der Waals surface area (Å²) in [6.45, 7) is 5.30. The van der Waals surface area contributed by atoms with Crippen LogP contribution in [0.1, 0.15) is 6.92 Å². The monoisotopic (exact) mass is 212 g/mol. The molecule has 0 spiro atoms. The van der Waals surface area contributed by atoms with Gasteiger partial charge in [0.15, 0.2) is 0 Å². The Morgan fingerprint density at radius 3 is 2.43 bits per heavy atom. The molecule has 0 N–H and O–H groups in total. The minimum Gasteiger partial charge on any atom is -0.262 e. The van der Waals surface area contributed by atoms with Gasteiger partial charge in [0.05, 0.1) is 11.5 Å². The van der Waals surface area contributed by atoms with Gasteiger partial charge < -0.3 is 0 Å². The molecule has 1 aromatic carbocycles. The van der Waals surface area contributed by atoms with E-state index in [1.165, 1.54) is 12.1 Å². The molecule has 4 heteroatoms. The summed E-state index contributed by atoms with van der Waals surface area (Å²) in [6.07, 6.45) is 0. The standard InChI is InChI=1S/C10H12O3S/c1-9(2)8-13-14(11,12)10-6-4-3-5-7-10/h3-7H,1,8H2,2H3. The molecule has 0 saturated heterocycles. The van der Waals surface area contributed by atoms with Crippen LogP contribution in [-0.4, -0.2) is 15.0 Å². The van der Waals surface area contributed by atoms with Crippen LogP contribution in [0.3, 0.4) is 0 Å². The predicted molar refractivity (Wildman–Crippen MR) is 54.4 cm³/mol. The third-order valence-electron chi connectivity index (χ3n) is 1.49. The van der Waals surface area contributed by atoms with E-state index in [0.29, 0.717) is 5.57 Å². The van der Waals surface area contributed by atoms with Gasteiger partial charge in [-0.3, -0.25) is 4.18 Å². The Kier molecular flexibility index (Phi) is 3.43. The molecular weight excluding hydrogens is 200 g/mol. The first-order valence-corrected chi connectivity index (χ1v) is 5.52. The van der Waals surface area contributed by atoms with Crippen LogP contribution in [0.5, 0.6) is 0 Å². The predicted octanol–water partition coefficient (Wildman–Crippen LogP) is 1.97. The third kappa shape index (κ3) is 2.97. The summed E-state index contributed by atoms with van der Waals surface area (Å²) in [5.74, 6) is 0. The minimum atomic E-state index is -3.62. The zero-order valence-electron chi connectivity index (χ0n) is 7.93. The second-order valence-corrected chi connectivity index (χ2v) is 4.60. The molecule has 3 nitrogen and oxygen atoms in total. The van der Waals surface area contributed by atoms with Gasteiger partial charge in [-0.1, -0.05) is 30.4 Å². The number of hydrogen-bond acceptors (Lipinski definition) is 3. The van der Waals surface area contributed by atoms with Crippen LogP contribution < -0.4 is 0 Å². The molecule has 0 amide bonds. The largest absolute Gasteiger partial charge is 0.297 e. The molecule has 1 aromatic rings. The molecule has 0 aliphatic carbocycles. The fraction of sp³-hybridized carbons (Fsp3) is 0.200. The van der Waals surface area contributed by atoms with Gasteiger partial charge in [0.1, 0.15) is 0 Å². The molecule has 0 fully saturated rings. The van der Waals surface area contributed by atoms with Crippen molar-refractivity contribution in [1.82, 2.24) is 0 Å². The molecule has 0 aromatic heterocycles. The number of hydrogen-bond donors (Lipinski definition) is 0. The molecule has 0 unspecified atom stereocenters. The molecule has 0 saturated carbocycles. The number of benzene rings is 1. The average molecular weight is 212 g/mol. The molecular formula is C10H12O3S. The maximum Gasteiger partial charge on any atom is 0.297 e. The van der Waals surface area contributed by atoms with Gasteiger partial charge >= 0.3 is 0 Å². The lowest BCUT2D eigenvalue weighted by atomic mass is 10.4. The van der Waals surface area contributed by atoms with Crippen LogP contribution in [0.15, 0.2) is 47.4 Å². The van der Waals surface area contributed by atoms with E-state index in [0.717, 1.165) is 0 Å². The summed E-state index contributed by atoms with van der Waals surface area (Å²) < 4.78 is 27.7. The van der Waals surface area contributed by atoms with Crippen LogP contribution in [0.25, 0.3) is 0 Å². The maximum atomic E-state index is 11.5. The van der Waals surface area contributed by atoms with Gasteiger partial charge in [0, 0.05) is 0 Å². The smallest absolute Gasteiger partial charge is 0.262 e. The summed E-state index contributed by atoms with van der Waals surface area (Å²) in [7, 11) is -3.62. The highest BCUT2D eigenvalue weighted by atomic mass is 32.2. The average Bonchev–Trinajstić information content (AvgIpc) is 2.16. The zero-order valence-corrected chi connectivity index (χ0v) is 8.75. The van der Waals surface area contributed by atoms with Gasteiger partial charge in [-0.25, -0.2) is 0 Å².